The quantitative estimate of drug-likeness (QED) is 0.282. The highest BCUT2D eigenvalue weighted by atomic mass is 35.5. The first-order valence-corrected chi connectivity index (χ1v) is 13.6. The molecule has 0 atom stereocenters. The van der Waals surface area contributed by atoms with Gasteiger partial charge >= 0.3 is 5.97 Å². The van der Waals surface area contributed by atoms with Crippen LogP contribution in [0.4, 0.5) is 8.78 Å². The van der Waals surface area contributed by atoms with Crippen molar-refractivity contribution in [1.29, 1.82) is 0 Å². The van der Waals surface area contributed by atoms with E-state index in [-0.39, 0.29) is 22.5 Å². The van der Waals surface area contributed by atoms with E-state index in [2.05, 4.69) is 10.3 Å². The van der Waals surface area contributed by atoms with Crippen LogP contribution in [0.5, 0.6) is 5.75 Å². The number of hydrogen-bond donors (Lipinski definition) is 2. The van der Waals surface area contributed by atoms with Gasteiger partial charge in [0.2, 0.25) is 0 Å². The van der Waals surface area contributed by atoms with E-state index in [0.29, 0.717) is 48.6 Å². The van der Waals surface area contributed by atoms with Crippen LogP contribution in [0.25, 0.3) is 22.4 Å². The van der Waals surface area contributed by atoms with Crippen LogP contribution in [-0.4, -0.2) is 59.7 Å². The molecule has 0 radical (unpaired) electrons. The van der Waals surface area contributed by atoms with Crippen LogP contribution in [0.1, 0.15) is 49.0 Å². The monoisotopic (exact) mass is 571 g/mol. The molecular formula is C30H32ClF2N3O4. The van der Waals surface area contributed by atoms with E-state index in [9.17, 15) is 23.5 Å². The van der Waals surface area contributed by atoms with Gasteiger partial charge in [-0.15, -0.1) is 0 Å². The minimum absolute atomic E-state index is 0.0786. The summed E-state index contributed by atoms with van der Waals surface area (Å²) in [6.45, 7) is 1.20. The van der Waals surface area contributed by atoms with Gasteiger partial charge in [-0.05, 0) is 69.8 Å². The van der Waals surface area contributed by atoms with E-state index in [1.165, 1.54) is 18.2 Å². The number of nitrogens with one attached hydrogen (secondary N) is 1. The number of amides is 1. The highest BCUT2D eigenvalue weighted by Gasteiger charge is 2.41. The second-order valence-corrected chi connectivity index (χ2v) is 10.6. The fourth-order valence-electron chi connectivity index (χ4n) is 4.92. The Kier molecular flexibility index (Phi) is 9.37. The Bertz CT molecular complexity index is 1370. The minimum Gasteiger partial charge on any atom is -0.492 e. The third-order valence-electron chi connectivity index (χ3n) is 7.04. The molecule has 10 heteroatoms. The largest absolute Gasteiger partial charge is 0.492 e. The van der Waals surface area contributed by atoms with E-state index in [1.807, 2.05) is 19.0 Å². The summed E-state index contributed by atoms with van der Waals surface area (Å²) in [5.41, 5.74) is -1.09. The van der Waals surface area contributed by atoms with Crippen molar-refractivity contribution in [3.63, 3.8) is 0 Å². The first-order chi connectivity index (χ1) is 19.1. The molecule has 3 aromatic rings. The predicted octanol–water partition coefficient (Wildman–Crippen LogP) is 6.20. The van der Waals surface area contributed by atoms with E-state index < -0.39 is 29.0 Å². The molecule has 4 rings (SSSR count). The molecule has 1 amide bonds. The molecular weight excluding hydrogens is 540 g/mol. The molecule has 1 aliphatic carbocycles. The molecule has 0 bridgehead atoms. The van der Waals surface area contributed by atoms with Crippen LogP contribution in [-0.2, 0) is 4.79 Å². The van der Waals surface area contributed by atoms with Gasteiger partial charge in [0.1, 0.15) is 28.6 Å². The van der Waals surface area contributed by atoms with Crippen molar-refractivity contribution >= 4 is 23.5 Å². The summed E-state index contributed by atoms with van der Waals surface area (Å²) in [6.07, 6.45) is 3.62. The first-order valence-electron chi connectivity index (χ1n) is 13.2. The normalized spacial score (nSPS) is 14.7. The third kappa shape index (κ3) is 6.59. The summed E-state index contributed by atoms with van der Waals surface area (Å²) < 4.78 is 35.7. The van der Waals surface area contributed by atoms with Crippen molar-refractivity contribution in [2.45, 2.75) is 44.1 Å². The fourth-order valence-corrected chi connectivity index (χ4v) is 5.09. The van der Waals surface area contributed by atoms with Crippen molar-refractivity contribution in [3.05, 3.63) is 70.9 Å². The Hall–Kier alpha value is -3.56. The molecule has 1 saturated carbocycles. The number of ether oxygens (including phenoxy) is 1. The van der Waals surface area contributed by atoms with Crippen molar-refractivity contribution in [1.82, 2.24) is 15.2 Å². The summed E-state index contributed by atoms with van der Waals surface area (Å²) >= 11 is 6.37. The Morgan fingerprint density at radius 3 is 2.42 bits per heavy atom. The molecule has 1 aromatic heterocycles. The second-order valence-electron chi connectivity index (χ2n) is 10.2. The maximum Gasteiger partial charge on any atom is 0.329 e. The summed E-state index contributed by atoms with van der Waals surface area (Å²) in [6, 6.07) is 11.1. The Morgan fingerprint density at radius 2 is 1.77 bits per heavy atom. The van der Waals surface area contributed by atoms with E-state index in [1.54, 1.807) is 18.2 Å². The summed E-state index contributed by atoms with van der Waals surface area (Å²) in [5.74, 6) is -3.00. The van der Waals surface area contributed by atoms with Crippen LogP contribution < -0.4 is 10.1 Å². The molecule has 1 fully saturated rings. The zero-order chi connectivity index (χ0) is 28.9. The minimum atomic E-state index is -1.39. The van der Waals surface area contributed by atoms with Crippen LogP contribution in [0, 0.1) is 11.6 Å². The molecule has 2 aromatic carbocycles. The standard InChI is InChI=1S/C30H32ClF2N3O4/c1-36(2)16-7-17-40-25-18-19(10-12-21(25)31)27-20(26-22(32)8-6-9-23(26)33)11-13-24(34-27)28(37)35-30(29(38)39)14-4-3-5-15-30/h6,8-13,18H,3-5,7,14-17H2,1-2H3,(H,35,37)(H,38,39). The van der Waals surface area contributed by atoms with Gasteiger partial charge in [0.25, 0.3) is 5.91 Å². The average Bonchev–Trinajstić information content (AvgIpc) is 2.92. The van der Waals surface area contributed by atoms with Gasteiger partial charge < -0.3 is 20.1 Å². The van der Waals surface area contributed by atoms with Crippen molar-refractivity contribution in [2.75, 3.05) is 27.2 Å². The molecule has 0 aliphatic heterocycles. The highest BCUT2D eigenvalue weighted by molar-refractivity contribution is 6.32. The molecule has 0 unspecified atom stereocenters. The van der Waals surface area contributed by atoms with Crippen LogP contribution in [0.3, 0.4) is 0 Å². The lowest BCUT2D eigenvalue weighted by atomic mass is 9.81. The summed E-state index contributed by atoms with van der Waals surface area (Å²) in [5, 5.41) is 12.9. The number of benzene rings is 2. The van der Waals surface area contributed by atoms with Gasteiger partial charge in [-0.25, -0.2) is 18.6 Å². The number of aliphatic carboxylic acids is 1. The highest BCUT2D eigenvalue weighted by Crippen LogP contribution is 2.37. The Labute approximate surface area is 237 Å². The van der Waals surface area contributed by atoms with Gasteiger partial charge in [0.05, 0.1) is 22.9 Å². The number of rotatable bonds is 10. The van der Waals surface area contributed by atoms with E-state index in [0.717, 1.165) is 31.5 Å². The van der Waals surface area contributed by atoms with Gasteiger partial charge in [-0.2, -0.15) is 0 Å². The Morgan fingerprint density at radius 1 is 1.07 bits per heavy atom. The number of halogens is 3. The lowest BCUT2D eigenvalue weighted by Gasteiger charge is -2.33. The van der Waals surface area contributed by atoms with Crippen molar-refractivity contribution < 1.29 is 28.2 Å². The predicted molar refractivity (Wildman–Crippen MR) is 150 cm³/mol. The number of carboxylic acids is 1. The van der Waals surface area contributed by atoms with E-state index in [4.69, 9.17) is 16.3 Å². The number of carbonyl (C=O) groups excluding carboxylic acids is 1. The average molecular weight is 572 g/mol. The third-order valence-corrected chi connectivity index (χ3v) is 7.35. The summed E-state index contributed by atoms with van der Waals surface area (Å²) in [4.78, 5) is 31.9. The van der Waals surface area contributed by atoms with Gasteiger partial charge in [0.15, 0.2) is 0 Å². The van der Waals surface area contributed by atoms with E-state index >= 15 is 0 Å². The number of pyridine rings is 1. The molecule has 0 saturated heterocycles. The second kappa shape index (κ2) is 12.7. The topological polar surface area (TPSA) is 91.8 Å². The summed E-state index contributed by atoms with van der Waals surface area (Å²) in [7, 11) is 3.91. The van der Waals surface area contributed by atoms with Crippen LogP contribution >= 0.6 is 11.6 Å². The van der Waals surface area contributed by atoms with Gasteiger partial charge in [-0.1, -0.05) is 43.0 Å². The lowest BCUT2D eigenvalue weighted by molar-refractivity contribution is -0.145. The Balaban J connectivity index is 1.76. The van der Waals surface area contributed by atoms with Crippen LogP contribution in [0.2, 0.25) is 5.02 Å². The van der Waals surface area contributed by atoms with Crippen molar-refractivity contribution in [2.24, 2.45) is 0 Å². The smallest absolute Gasteiger partial charge is 0.329 e. The van der Waals surface area contributed by atoms with Gasteiger partial charge in [-0.3, -0.25) is 4.79 Å². The number of nitrogens with zero attached hydrogens (tertiary/aromatic N) is 2. The molecule has 0 spiro atoms. The number of hydrogen-bond acceptors (Lipinski definition) is 5. The molecule has 212 valence electrons. The maximum atomic E-state index is 14.9. The fraction of sp³-hybridized carbons (Fsp3) is 0.367. The van der Waals surface area contributed by atoms with Gasteiger partial charge in [0, 0.05) is 17.7 Å². The van der Waals surface area contributed by atoms with Crippen molar-refractivity contribution in [3.8, 4) is 28.1 Å². The first kappa shape index (κ1) is 29.4. The molecule has 1 aliphatic rings. The number of carbonyl (C=O) groups is 2. The zero-order valence-electron chi connectivity index (χ0n) is 22.5. The molecule has 40 heavy (non-hydrogen) atoms. The maximum absolute atomic E-state index is 14.9. The zero-order valence-corrected chi connectivity index (χ0v) is 23.2. The molecule has 7 nitrogen and oxygen atoms in total. The molecule has 2 N–H and O–H groups in total. The number of aromatic nitrogens is 1. The lowest BCUT2D eigenvalue weighted by Crippen LogP contribution is -2.55. The number of carboxylic acid groups (broad SMARTS) is 1. The van der Waals surface area contributed by atoms with Crippen LogP contribution in [0.15, 0.2) is 48.5 Å². The SMILES string of the molecule is CN(C)CCCOc1cc(-c2nc(C(=O)NC3(C(=O)O)CCCCC3)ccc2-c2c(F)cccc2F)ccc1Cl. The molecule has 1 heterocycles.